The largest absolute Gasteiger partial charge is 0.479 e. The van der Waals surface area contributed by atoms with E-state index in [-0.39, 0.29) is 0 Å². The first-order valence-corrected chi connectivity index (χ1v) is 5.64. The van der Waals surface area contributed by atoms with Crippen LogP contribution in [-0.2, 0) is 6.54 Å². The molecule has 0 bridgehead atoms. The Labute approximate surface area is 106 Å². The van der Waals surface area contributed by atoms with Crippen molar-refractivity contribution in [3.8, 4) is 5.88 Å². The zero-order chi connectivity index (χ0) is 13.0. The molecule has 2 heterocycles. The molecule has 2 rings (SSSR count). The van der Waals surface area contributed by atoms with Crippen molar-refractivity contribution < 1.29 is 4.74 Å². The summed E-state index contributed by atoms with van der Waals surface area (Å²) in [6.45, 7) is 0.642. The van der Waals surface area contributed by atoms with Crippen LogP contribution in [-0.4, -0.2) is 36.2 Å². The summed E-state index contributed by atoms with van der Waals surface area (Å²) in [6, 6.07) is 1.94. The molecule has 0 aliphatic rings. The maximum atomic E-state index is 5.28. The van der Waals surface area contributed by atoms with Gasteiger partial charge in [0.15, 0.2) is 0 Å². The van der Waals surface area contributed by atoms with Crippen LogP contribution in [0.5, 0.6) is 5.88 Å². The Morgan fingerprint density at radius 1 is 1.44 bits per heavy atom. The molecule has 6 nitrogen and oxygen atoms in total. The lowest BCUT2D eigenvalue weighted by atomic mass is 10.3. The van der Waals surface area contributed by atoms with Gasteiger partial charge in [-0.3, -0.25) is 0 Å². The summed E-state index contributed by atoms with van der Waals surface area (Å²) in [5.74, 6) is 0.584. The van der Waals surface area contributed by atoms with E-state index < -0.39 is 0 Å². The van der Waals surface area contributed by atoms with Crippen LogP contribution in [0.1, 0.15) is 5.69 Å². The van der Waals surface area contributed by atoms with Crippen LogP contribution in [0.25, 0.3) is 0 Å². The number of H-pyrrole nitrogens is 1. The summed E-state index contributed by atoms with van der Waals surface area (Å²) in [5, 5.41) is 3.32. The fourth-order valence-electron chi connectivity index (χ4n) is 1.69. The Balaban J connectivity index is 2.23. The van der Waals surface area contributed by atoms with Crippen molar-refractivity contribution in [3.05, 3.63) is 30.5 Å². The third-order valence-electron chi connectivity index (χ3n) is 2.58. The van der Waals surface area contributed by atoms with Crippen molar-refractivity contribution in [1.82, 2.24) is 15.0 Å². The van der Waals surface area contributed by atoms with Crippen molar-refractivity contribution in [2.45, 2.75) is 6.54 Å². The molecular weight excluding hydrogens is 230 g/mol. The Morgan fingerprint density at radius 3 is 2.89 bits per heavy atom. The zero-order valence-electron chi connectivity index (χ0n) is 10.8. The van der Waals surface area contributed by atoms with Crippen LogP contribution in [0.15, 0.2) is 24.8 Å². The monoisotopic (exact) mass is 247 g/mol. The van der Waals surface area contributed by atoms with E-state index in [2.05, 4.69) is 20.3 Å². The average molecular weight is 247 g/mol. The number of pyridine rings is 1. The molecule has 0 aliphatic carbocycles. The van der Waals surface area contributed by atoms with Crippen LogP contribution in [0.3, 0.4) is 0 Å². The molecule has 0 unspecified atom stereocenters. The van der Waals surface area contributed by atoms with E-state index in [9.17, 15) is 0 Å². The quantitative estimate of drug-likeness (QED) is 0.838. The summed E-state index contributed by atoms with van der Waals surface area (Å²) in [4.78, 5) is 13.2. The van der Waals surface area contributed by atoms with E-state index in [0.29, 0.717) is 12.4 Å². The summed E-state index contributed by atoms with van der Waals surface area (Å²) in [6.07, 6.45) is 5.17. The second kappa shape index (κ2) is 5.39. The van der Waals surface area contributed by atoms with Gasteiger partial charge in [-0.2, -0.15) is 0 Å². The van der Waals surface area contributed by atoms with Gasteiger partial charge in [0.05, 0.1) is 31.4 Å². The summed E-state index contributed by atoms with van der Waals surface area (Å²) < 4.78 is 5.28. The van der Waals surface area contributed by atoms with E-state index in [1.165, 1.54) is 0 Å². The summed E-state index contributed by atoms with van der Waals surface area (Å²) in [5.41, 5.74) is 2.91. The zero-order valence-corrected chi connectivity index (χ0v) is 10.8. The third kappa shape index (κ3) is 2.53. The maximum Gasteiger partial charge on any atom is 0.239 e. The number of aromatic nitrogens is 3. The average Bonchev–Trinajstić information content (AvgIpc) is 2.88. The smallest absolute Gasteiger partial charge is 0.239 e. The Morgan fingerprint density at radius 2 is 2.28 bits per heavy atom. The minimum atomic E-state index is 0.584. The second-order valence-corrected chi connectivity index (χ2v) is 4.04. The summed E-state index contributed by atoms with van der Waals surface area (Å²) >= 11 is 0. The molecule has 0 atom stereocenters. The Kier molecular flexibility index (Phi) is 3.66. The highest BCUT2D eigenvalue weighted by atomic mass is 16.5. The van der Waals surface area contributed by atoms with E-state index in [0.717, 1.165) is 17.1 Å². The van der Waals surface area contributed by atoms with E-state index in [1.807, 2.05) is 25.1 Å². The first kappa shape index (κ1) is 12.2. The highest BCUT2D eigenvalue weighted by Crippen LogP contribution is 2.32. The second-order valence-electron chi connectivity index (χ2n) is 4.04. The molecule has 2 N–H and O–H groups in total. The van der Waals surface area contributed by atoms with Gasteiger partial charge in [-0.15, -0.1) is 0 Å². The molecule has 0 radical (unpaired) electrons. The summed E-state index contributed by atoms with van der Waals surface area (Å²) in [7, 11) is 5.58. The van der Waals surface area contributed by atoms with Gasteiger partial charge in [-0.1, -0.05) is 0 Å². The third-order valence-corrected chi connectivity index (χ3v) is 2.58. The Bertz CT molecular complexity index is 495. The lowest BCUT2D eigenvalue weighted by Crippen LogP contribution is -2.13. The minimum absolute atomic E-state index is 0.584. The van der Waals surface area contributed by atoms with Crippen LogP contribution < -0.4 is 15.0 Å². The fraction of sp³-hybridized carbons (Fsp3) is 0.333. The van der Waals surface area contributed by atoms with Crippen molar-refractivity contribution in [2.24, 2.45) is 0 Å². The molecule has 0 saturated carbocycles. The number of aromatic amines is 1. The highest BCUT2D eigenvalue weighted by molar-refractivity contribution is 5.74. The molecule has 0 aliphatic heterocycles. The molecule has 0 fully saturated rings. The van der Waals surface area contributed by atoms with E-state index in [4.69, 9.17) is 4.74 Å². The van der Waals surface area contributed by atoms with Gasteiger partial charge in [0, 0.05) is 26.5 Å². The van der Waals surface area contributed by atoms with Crippen molar-refractivity contribution in [2.75, 3.05) is 31.4 Å². The molecule has 0 saturated heterocycles. The van der Waals surface area contributed by atoms with Gasteiger partial charge in [0.25, 0.3) is 0 Å². The number of hydrogen-bond donors (Lipinski definition) is 2. The maximum absolute atomic E-state index is 5.28. The van der Waals surface area contributed by atoms with Gasteiger partial charge < -0.3 is 19.9 Å². The number of nitrogens with one attached hydrogen (secondary N) is 2. The van der Waals surface area contributed by atoms with Crippen LogP contribution in [0.4, 0.5) is 11.4 Å². The van der Waals surface area contributed by atoms with Crippen LogP contribution in [0, 0.1) is 0 Å². The number of imidazole rings is 1. The number of rotatable bonds is 5. The lowest BCUT2D eigenvalue weighted by Gasteiger charge is -2.19. The molecule has 0 spiro atoms. The van der Waals surface area contributed by atoms with Crippen molar-refractivity contribution in [3.63, 3.8) is 0 Å². The van der Waals surface area contributed by atoms with Crippen LogP contribution in [0.2, 0.25) is 0 Å². The van der Waals surface area contributed by atoms with Gasteiger partial charge in [0.1, 0.15) is 5.69 Å². The lowest BCUT2D eigenvalue weighted by molar-refractivity contribution is 0.400. The first-order valence-electron chi connectivity index (χ1n) is 5.64. The van der Waals surface area contributed by atoms with Crippen LogP contribution >= 0.6 is 0 Å². The normalized spacial score (nSPS) is 10.2. The Hall–Kier alpha value is -2.24. The van der Waals surface area contributed by atoms with Gasteiger partial charge in [-0.25, -0.2) is 9.97 Å². The molecule has 0 aromatic carbocycles. The number of methoxy groups -OCH3 is 1. The number of anilines is 2. The van der Waals surface area contributed by atoms with Crippen molar-refractivity contribution in [1.29, 1.82) is 0 Å². The van der Waals surface area contributed by atoms with E-state index >= 15 is 0 Å². The molecule has 96 valence electrons. The highest BCUT2D eigenvalue weighted by Gasteiger charge is 2.11. The van der Waals surface area contributed by atoms with E-state index in [1.54, 1.807) is 25.8 Å². The van der Waals surface area contributed by atoms with Gasteiger partial charge >= 0.3 is 0 Å². The first-order chi connectivity index (χ1) is 8.72. The fourth-order valence-corrected chi connectivity index (χ4v) is 1.69. The predicted molar refractivity (Wildman–Crippen MR) is 71.0 cm³/mol. The van der Waals surface area contributed by atoms with Gasteiger partial charge in [-0.05, 0) is 6.07 Å². The minimum Gasteiger partial charge on any atom is -0.479 e. The number of nitrogens with zero attached hydrogens (tertiary/aromatic N) is 3. The molecule has 0 amide bonds. The van der Waals surface area contributed by atoms with Crippen molar-refractivity contribution >= 4 is 11.4 Å². The molecular formula is C12H17N5O. The molecule has 6 heteroatoms. The standard InChI is InChI=1S/C12H17N5O/c1-17(2)10-4-5-14-12(18-3)11(10)15-7-9-6-13-8-16-9/h4-6,8,15H,7H2,1-3H3,(H,13,16). The molecule has 18 heavy (non-hydrogen) atoms. The number of ether oxygens (including phenoxy) is 1. The van der Waals surface area contributed by atoms with Gasteiger partial charge in [0.2, 0.25) is 5.88 Å². The molecule has 2 aromatic heterocycles. The SMILES string of the molecule is COc1nccc(N(C)C)c1NCc1cnc[nH]1. The predicted octanol–water partition coefficient (Wildman–Crippen LogP) is 1.49. The topological polar surface area (TPSA) is 66.1 Å². The molecule has 2 aromatic rings. The number of hydrogen-bond acceptors (Lipinski definition) is 5.